The molecule has 23 heavy (non-hydrogen) atoms. The molecule has 0 saturated carbocycles. The topological polar surface area (TPSA) is 67.9 Å². The van der Waals surface area contributed by atoms with E-state index in [2.05, 4.69) is 15.2 Å². The summed E-state index contributed by atoms with van der Waals surface area (Å²) in [4.78, 5) is 15.9. The molecule has 3 rings (SSSR count). The van der Waals surface area contributed by atoms with Crippen molar-refractivity contribution in [3.05, 3.63) is 53.5 Å². The maximum absolute atomic E-state index is 12.7. The molecule has 0 aliphatic heterocycles. The Bertz CT molecular complexity index is 887. The van der Waals surface area contributed by atoms with E-state index in [0.29, 0.717) is 10.9 Å². The van der Waals surface area contributed by atoms with Crippen LogP contribution in [0, 0.1) is 0 Å². The van der Waals surface area contributed by atoms with E-state index >= 15 is 0 Å². The third kappa shape index (κ3) is 2.75. The van der Waals surface area contributed by atoms with E-state index in [1.165, 1.54) is 25.4 Å². The van der Waals surface area contributed by atoms with Gasteiger partial charge in [0.25, 0.3) is 0 Å². The van der Waals surface area contributed by atoms with Crippen molar-refractivity contribution in [3.63, 3.8) is 0 Å². The summed E-state index contributed by atoms with van der Waals surface area (Å²) in [6.45, 7) is 0. The zero-order valence-electron chi connectivity index (χ0n) is 11.8. The third-order valence-electron chi connectivity index (χ3n) is 3.28. The Balaban J connectivity index is 2.10. The smallest absolute Gasteiger partial charge is 0.433 e. The van der Waals surface area contributed by atoms with E-state index in [9.17, 15) is 18.0 Å². The molecule has 2 aromatic heterocycles. The van der Waals surface area contributed by atoms with Crippen molar-refractivity contribution in [3.8, 4) is 5.75 Å². The molecule has 0 atom stereocenters. The van der Waals surface area contributed by atoms with Crippen LogP contribution >= 0.6 is 0 Å². The maximum Gasteiger partial charge on any atom is 0.433 e. The van der Waals surface area contributed by atoms with Crippen LogP contribution in [0.1, 0.15) is 21.7 Å². The molecule has 0 saturated heterocycles. The van der Waals surface area contributed by atoms with Crippen molar-refractivity contribution in [1.82, 2.24) is 15.2 Å². The molecule has 0 aliphatic carbocycles. The van der Waals surface area contributed by atoms with Gasteiger partial charge in [-0.3, -0.25) is 9.89 Å². The van der Waals surface area contributed by atoms with Crippen LogP contribution in [0.2, 0.25) is 0 Å². The lowest BCUT2D eigenvalue weighted by Gasteiger charge is -2.10. The molecule has 0 bridgehead atoms. The normalized spacial score (nSPS) is 11.7. The fourth-order valence-corrected chi connectivity index (χ4v) is 2.17. The highest BCUT2D eigenvalue weighted by Gasteiger charge is 2.33. The first-order valence-corrected chi connectivity index (χ1v) is 6.50. The lowest BCUT2D eigenvalue weighted by Crippen LogP contribution is -2.12. The molecule has 1 N–H and O–H groups in total. The van der Waals surface area contributed by atoms with Gasteiger partial charge in [-0.05, 0) is 18.2 Å². The van der Waals surface area contributed by atoms with Gasteiger partial charge in [-0.25, -0.2) is 4.98 Å². The molecule has 0 unspecified atom stereocenters. The van der Waals surface area contributed by atoms with Crippen molar-refractivity contribution in [2.24, 2.45) is 0 Å². The average molecular weight is 321 g/mol. The summed E-state index contributed by atoms with van der Waals surface area (Å²) in [5, 5.41) is 7.20. The van der Waals surface area contributed by atoms with E-state index in [-0.39, 0.29) is 17.0 Å². The predicted octanol–water partition coefficient (Wildman–Crippen LogP) is 3.22. The minimum absolute atomic E-state index is 0.119. The van der Waals surface area contributed by atoms with Crippen LogP contribution in [0.25, 0.3) is 10.9 Å². The van der Waals surface area contributed by atoms with Crippen molar-refractivity contribution in [2.75, 3.05) is 7.11 Å². The molecule has 1 aromatic carbocycles. The number of alkyl halides is 3. The van der Waals surface area contributed by atoms with Gasteiger partial charge >= 0.3 is 6.18 Å². The number of hydrogen-bond acceptors (Lipinski definition) is 4. The molecule has 0 fully saturated rings. The second kappa shape index (κ2) is 5.38. The number of ketones is 1. The highest BCUT2D eigenvalue weighted by Crippen LogP contribution is 2.29. The van der Waals surface area contributed by atoms with Crippen LogP contribution in [-0.4, -0.2) is 28.1 Å². The highest BCUT2D eigenvalue weighted by atomic mass is 19.4. The number of rotatable bonds is 3. The lowest BCUT2D eigenvalue weighted by atomic mass is 10.0. The van der Waals surface area contributed by atoms with Gasteiger partial charge in [0, 0.05) is 11.5 Å². The monoisotopic (exact) mass is 321 g/mol. The molecule has 118 valence electrons. The van der Waals surface area contributed by atoms with Crippen molar-refractivity contribution >= 4 is 16.7 Å². The quantitative estimate of drug-likeness (QED) is 0.752. The number of H-pyrrole nitrogens is 1. The first-order chi connectivity index (χ1) is 10.9. The molecular formula is C15H10F3N3O2. The van der Waals surface area contributed by atoms with Crippen LogP contribution in [-0.2, 0) is 6.18 Å². The molecular weight excluding hydrogens is 311 g/mol. The number of methoxy groups -OCH3 is 1. The summed E-state index contributed by atoms with van der Waals surface area (Å²) < 4.78 is 43.3. The summed E-state index contributed by atoms with van der Waals surface area (Å²) in [5.41, 5.74) is -0.656. The second-order valence-electron chi connectivity index (χ2n) is 4.74. The average Bonchev–Trinajstić information content (AvgIpc) is 2.99. The molecule has 2 heterocycles. The number of halogens is 3. The van der Waals surface area contributed by atoms with Crippen molar-refractivity contribution in [2.45, 2.75) is 6.18 Å². The van der Waals surface area contributed by atoms with Gasteiger partial charge in [-0.2, -0.15) is 18.3 Å². The molecule has 0 amide bonds. The number of carbonyl (C=O) groups is 1. The van der Waals surface area contributed by atoms with Gasteiger partial charge in [0.1, 0.15) is 17.1 Å². The Labute approximate surface area is 128 Å². The number of hydrogen-bond donors (Lipinski definition) is 1. The van der Waals surface area contributed by atoms with Gasteiger partial charge in [0.05, 0.1) is 24.4 Å². The Kier molecular flexibility index (Phi) is 3.51. The van der Waals surface area contributed by atoms with Crippen molar-refractivity contribution in [1.29, 1.82) is 0 Å². The minimum atomic E-state index is -4.62. The molecule has 8 heteroatoms. The SMILES string of the molecule is COc1cc2[nH]ncc2cc1C(=O)c1cccc(C(F)(F)F)n1. The van der Waals surface area contributed by atoms with E-state index in [1.54, 1.807) is 6.07 Å². The van der Waals surface area contributed by atoms with Gasteiger partial charge < -0.3 is 4.74 Å². The fraction of sp³-hybridized carbons (Fsp3) is 0.133. The zero-order valence-corrected chi connectivity index (χ0v) is 11.8. The minimum Gasteiger partial charge on any atom is -0.496 e. The summed E-state index contributed by atoms with van der Waals surface area (Å²) in [6, 6.07) is 6.25. The maximum atomic E-state index is 12.7. The fourth-order valence-electron chi connectivity index (χ4n) is 2.17. The molecule has 0 aliphatic rings. The Morgan fingerprint density at radius 1 is 1.26 bits per heavy atom. The Morgan fingerprint density at radius 3 is 2.74 bits per heavy atom. The van der Waals surface area contributed by atoms with Crippen molar-refractivity contribution < 1.29 is 22.7 Å². The van der Waals surface area contributed by atoms with Crippen LogP contribution in [0.5, 0.6) is 5.75 Å². The summed E-state index contributed by atoms with van der Waals surface area (Å²) in [5.74, 6) is -0.429. The molecule has 5 nitrogen and oxygen atoms in total. The van der Waals surface area contributed by atoms with Gasteiger partial charge in [0.2, 0.25) is 5.78 Å². The largest absolute Gasteiger partial charge is 0.496 e. The highest BCUT2D eigenvalue weighted by molar-refractivity contribution is 6.11. The third-order valence-corrected chi connectivity index (χ3v) is 3.28. The summed E-state index contributed by atoms with van der Waals surface area (Å²) in [7, 11) is 1.37. The predicted molar refractivity (Wildman–Crippen MR) is 75.3 cm³/mol. The number of nitrogens with zero attached hydrogens (tertiary/aromatic N) is 2. The molecule has 0 spiro atoms. The van der Waals surface area contributed by atoms with E-state index in [0.717, 1.165) is 12.1 Å². The molecule has 3 aromatic rings. The number of pyridine rings is 1. The Hall–Kier alpha value is -2.90. The lowest BCUT2D eigenvalue weighted by molar-refractivity contribution is -0.141. The van der Waals surface area contributed by atoms with E-state index < -0.39 is 17.7 Å². The Morgan fingerprint density at radius 2 is 2.04 bits per heavy atom. The number of carbonyl (C=O) groups excluding carboxylic acids is 1. The number of ether oxygens (including phenoxy) is 1. The van der Waals surface area contributed by atoms with Gasteiger partial charge in [-0.1, -0.05) is 6.07 Å². The number of nitrogens with one attached hydrogen (secondary N) is 1. The molecule has 0 radical (unpaired) electrons. The van der Waals surface area contributed by atoms with Crippen LogP contribution in [0.3, 0.4) is 0 Å². The standard InChI is InChI=1S/C15H10F3N3O2/c1-23-12-6-11-8(7-19-21-11)5-9(12)14(22)10-3-2-4-13(20-10)15(16,17)18/h2-7H,1H3,(H,19,21). The zero-order chi connectivity index (χ0) is 16.6. The first-order valence-electron chi connectivity index (χ1n) is 6.50. The number of benzene rings is 1. The van der Waals surface area contributed by atoms with Gasteiger partial charge in [0.15, 0.2) is 0 Å². The van der Waals surface area contributed by atoms with E-state index in [4.69, 9.17) is 4.74 Å². The number of aromatic nitrogens is 3. The number of aromatic amines is 1. The summed E-state index contributed by atoms with van der Waals surface area (Å²) >= 11 is 0. The van der Waals surface area contributed by atoms with Crippen LogP contribution in [0.4, 0.5) is 13.2 Å². The first kappa shape index (κ1) is 15.0. The van der Waals surface area contributed by atoms with E-state index in [1.807, 2.05) is 0 Å². The van der Waals surface area contributed by atoms with Crippen LogP contribution < -0.4 is 4.74 Å². The second-order valence-corrected chi connectivity index (χ2v) is 4.74. The summed E-state index contributed by atoms with van der Waals surface area (Å²) in [6.07, 6.45) is -3.11. The van der Waals surface area contributed by atoms with Crippen LogP contribution in [0.15, 0.2) is 36.5 Å². The van der Waals surface area contributed by atoms with Gasteiger partial charge in [-0.15, -0.1) is 0 Å². The number of fused-ring (bicyclic) bond motifs is 1.